The summed E-state index contributed by atoms with van der Waals surface area (Å²) in [6.45, 7) is 0. The molecule has 0 bridgehead atoms. The zero-order chi connectivity index (χ0) is 13.7. The molecule has 5 heteroatoms. The maximum Gasteiger partial charge on any atom is 0.234 e. The van der Waals surface area contributed by atoms with Gasteiger partial charge in [0, 0.05) is 22.8 Å². The van der Waals surface area contributed by atoms with E-state index in [1.807, 2.05) is 18.2 Å². The Morgan fingerprint density at radius 2 is 1.95 bits per heavy atom. The lowest BCUT2D eigenvalue weighted by Crippen LogP contribution is -2.39. The summed E-state index contributed by atoms with van der Waals surface area (Å²) in [7, 11) is 0. The lowest BCUT2D eigenvalue weighted by atomic mass is 9.89. The predicted molar refractivity (Wildman–Crippen MR) is 71.1 cm³/mol. The minimum Gasteiger partial charge on any atom is -0.464 e. The van der Waals surface area contributed by atoms with E-state index in [0.29, 0.717) is 12.8 Å². The molecule has 0 saturated carbocycles. The summed E-state index contributed by atoms with van der Waals surface area (Å²) in [4.78, 5) is 23.3. The lowest BCUT2D eigenvalue weighted by Gasteiger charge is -2.19. The highest BCUT2D eigenvalue weighted by molar-refractivity contribution is 6.09. The number of hydrogen-bond donors (Lipinski definition) is 1. The van der Waals surface area contributed by atoms with Crippen molar-refractivity contribution < 1.29 is 18.4 Å². The van der Waals surface area contributed by atoms with Crippen LogP contribution in [0.1, 0.15) is 24.3 Å². The second-order valence-electron chi connectivity index (χ2n) is 4.97. The summed E-state index contributed by atoms with van der Waals surface area (Å²) in [5, 5.41) is 4.20. The number of carbonyl (C=O) groups is 2. The van der Waals surface area contributed by atoms with Crippen molar-refractivity contribution >= 4 is 33.8 Å². The third kappa shape index (κ3) is 1.49. The fourth-order valence-electron chi connectivity index (χ4n) is 2.85. The van der Waals surface area contributed by atoms with Crippen LogP contribution in [-0.2, 0) is 9.59 Å². The van der Waals surface area contributed by atoms with Crippen molar-refractivity contribution in [2.45, 2.75) is 18.8 Å². The van der Waals surface area contributed by atoms with E-state index in [1.165, 1.54) is 0 Å². The van der Waals surface area contributed by atoms with Crippen LogP contribution < -0.4 is 5.32 Å². The first kappa shape index (κ1) is 11.3. The smallest absolute Gasteiger partial charge is 0.234 e. The van der Waals surface area contributed by atoms with E-state index in [1.54, 1.807) is 12.5 Å². The van der Waals surface area contributed by atoms with Gasteiger partial charge in [-0.05, 0) is 24.6 Å². The Bertz CT molecular complexity index is 842. The molecule has 5 nitrogen and oxygen atoms in total. The molecule has 1 aromatic carbocycles. The molecular formula is C15H11NO4. The quantitative estimate of drug-likeness (QED) is 0.689. The Balaban J connectivity index is 1.93. The summed E-state index contributed by atoms with van der Waals surface area (Å²) in [5.41, 5.74) is 2.29. The summed E-state index contributed by atoms with van der Waals surface area (Å²) in [6.07, 6.45) is 4.08. The second kappa shape index (κ2) is 3.96. The molecule has 0 radical (unpaired) electrons. The third-order valence-electron chi connectivity index (χ3n) is 3.81. The normalized spacial score (nSPS) is 19.7. The Hall–Kier alpha value is -2.56. The molecule has 1 aliphatic rings. The lowest BCUT2D eigenvalue weighted by molar-refractivity contribution is -0.134. The van der Waals surface area contributed by atoms with Crippen LogP contribution in [0.2, 0.25) is 0 Å². The molecule has 1 saturated heterocycles. The SMILES string of the molecule is O=C1CCC(c2coc3ccc4occc4c23)C(=O)N1. The van der Waals surface area contributed by atoms with Crippen molar-refractivity contribution in [1.82, 2.24) is 5.32 Å². The van der Waals surface area contributed by atoms with Crippen LogP contribution >= 0.6 is 0 Å². The van der Waals surface area contributed by atoms with Gasteiger partial charge in [-0.25, -0.2) is 0 Å². The zero-order valence-electron chi connectivity index (χ0n) is 10.5. The number of nitrogens with one attached hydrogen (secondary N) is 1. The number of fused-ring (bicyclic) bond motifs is 3. The topological polar surface area (TPSA) is 72.5 Å². The predicted octanol–water partition coefficient (Wildman–Crippen LogP) is 2.70. The molecule has 2 amide bonds. The van der Waals surface area contributed by atoms with Crippen molar-refractivity contribution in [1.29, 1.82) is 0 Å². The molecule has 1 fully saturated rings. The van der Waals surface area contributed by atoms with Crippen LogP contribution in [0.5, 0.6) is 0 Å². The maximum absolute atomic E-state index is 12.0. The van der Waals surface area contributed by atoms with E-state index in [0.717, 1.165) is 27.5 Å². The molecule has 0 spiro atoms. The average molecular weight is 269 g/mol. The van der Waals surface area contributed by atoms with Gasteiger partial charge in [0.05, 0.1) is 18.4 Å². The summed E-state index contributed by atoms with van der Waals surface area (Å²) >= 11 is 0. The molecule has 1 aliphatic heterocycles. The highest BCUT2D eigenvalue weighted by Crippen LogP contribution is 2.36. The Kier molecular flexibility index (Phi) is 2.24. The Labute approximate surface area is 113 Å². The minimum absolute atomic E-state index is 0.215. The first-order valence-corrected chi connectivity index (χ1v) is 6.45. The van der Waals surface area contributed by atoms with E-state index in [-0.39, 0.29) is 17.7 Å². The van der Waals surface area contributed by atoms with Crippen molar-refractivity contribution in [3.8, 4) is 0 Å². The van der Waals surface area contributed by atoms with E-state index >= 15 is 0 Å². The van der Waals surface area contributed by atoms with Gasteiger partial charge in [0.15, 0.2) is 0 Å². The van der Waals surface area contributed by atoms with E-state index in [2.05, 4.69) is 5.32 Å². The average Bonchev–Trinajstić information content (AvgIpc) is 3.03. The first-order valence-electron chi connectivity index (χ1n) is 6.45. The third-order valence-corrected chi connectivity index (χ3v) is 3.81. The highest BCUT2D eigenvalue weighted by Gasteiger charge is 2.31. The summed E-state index contributed by atoms with van der Waals surface area (Å²) in [5.74, 6) is -0.827. The largest absolute Gasteiger partial charge is 0.464 e. The van der Waals surface area contributed by atoms with Crippen LogP contribution in [0.4, 0.5) is 0 Å². The van der Waals surface area contributed by atoms with Crippen molar-refractivity contribution in [2.75, 3.05) is 0 Å². The van der Waals surface area contributed by atoms with Crippen LogP contribution in [-0.4, -0.2) is 11.8 Å². The van der Waals surface area contributed by atoms with Gasteiger partial charge in [0.1, 0.15) is 11.2 Å². The van der Waals surface area contributed by atoms with Gasteiger partial charge in [-0.15, -0.1) is 0 Å². The Morgan fingerprint density at radius 3 is 2.80 bits per heavy atom. The molecule has 20 heavy (non-hydrogen) atoms. The van der Waals surface area contributed by atoms with Gasteiger partial charge < -0.3 is 8.83 Å². The van der Waals surface area contributed by atoms with E-state index in [4.69, 9.17) is 8.83 Å². The minimum atomic E-state index is -0.352. The van der Waals surface area contributed by atoms with Gasteiger partial charge in [0.25, 0.3) is 0 Å². The molecular weight excluding hydrogens is 258 g/mol. The van der Waals surface area contributed by atoms with Crippen LogP contribution in [0.15, 0.2) is 39.6 Å². The number of imide groups is 1. The number of furan rings is 2. The number of amides is 2. The van der Waals surface area contributed by atoms with Crippen LogP contribution in [0.25, 0.3) is 21.9 Å². The fraction of sp³-hybridized carbons (Fsp3) is 0.200. The number of carbonyl (C=O) groups excluding carboxylic acids is 2. The molecule has 3 aromatic rings. The number of hydrogen-bond acceptors (Lipinski definition) is 4. The molecule has 2 aromatic heterocycles. The standard InChI is InChI=1S/C15H11NO4/c17-13-4-1-8(15(18)16-13)10-7-20-12-3-2-11-9(14(10)12)5-6-19-11/h2-3,5-8H,1,4H2,(H,16,17,18). The van der Waals surface area contributed by atoms with Crippen molar-refractivity contribution in [2.24, 2.45) is 0 Å². The Morgan fingerprint density at radius 1 is 1.10 bits per heavy atom. The van der Waals surface area contributed by atoms with Gasteiger partial charge in [-0.2, -0.15) is 0 Å². The summed E-state index contributed by atoms with van der Waals surface area (Å²) in [6, 6.07) is 5.54. The molecule has 1 atom stereocenters. The van der Waals surface area contributed by atoms with E-state index in [9.17, 15) is 9.59 Å². The van der Waals surface area contributed by atoms with Crippen LogP contribution in [0, 0.1) is 0 Å². The fourth-order valence-corrected chi connectivity index (χ4v) is 2.85. The summed E-state index contributed by atoms with van der Waals surface area (Å²) < 4.78 is 10.9. The second-order valence-corrected chi connectivity index (χ2v) is 4.97. The molecule has 100 valence electrons. The van der Waals surface area contributed by atoms with Gasteiger partial charge >= 0.3 is 0 Å². The zero-order valence-corrected chi connectivity index (χ0v) is 10.5. The number of benzene rings is 1. The highest BCUT2D eigenvalue weighted by atomic mass is 16.3. The molecule has 0 aliphatic carbocycles. The van der Waals surface area contributed by atoms with E-state index < -0.39 is 0 Å². The van der Waals surface area contributed by atoms with Gasteiger partial charge in [-0.1, -0.05) is 0 Å². The molecule has 1 N–H and O–H groups in total. The van der Waals surface area contributed by atoms with Gasteiger partial charge in [-0.3, -0.25) is 14.9 Å². The molecule has 4 rings (SSSR count). The first-order chi connectivity index (χ1) is 9.74. The maximum atomic E-state index is 12.0. The molecule has 3 heterocycles. The van der Waals surface area contributed by atoms with Crippen molar-refractivity contribution in [3.05, 3.63) is 36.3 Å². The number of rotatable bonds is 1. The number of piperidine rings is 1. The molecule has 1 unspecified atom stereocenters. The van der Waals surface area contributed by atoms with Crippen molar-refractivity contribution in [3.63, 3.8) is 0 Å². The van der Waals surface area contributed by atoms with Crippen LogP contribution in [0.3, 0.4) is 0 Å². The van der Waals surface area contributed by atoms with Gasteiger partial charge in [0.2, 0.25) is 11.8 Å². The monoisotopic (exact) mass is 269 g/mol.